The third-order valence-electron chi connectivity index (χ3n) is 1.14. The Morgan fingerprint density at radius 2 is 2.00 bits per heavy atom. The molecule has 0 heterocycles. The Morgan fingerprint density at radius 3 is 2.58 bits per heavy atom. The smallest absolute Gasteiger partial charge is 0.157 e. The molecule has 0 aliphatic carbocycles. The number of hydrogen-bond donors (Lipinski definition) is 0. The van der Waals surface area contributed by atoms with Gasteiger partial charge in [-0.2, -0.15) is 0 Å². The lowest BCUT2D eigenvalue weighted by Gasteiger charge is -2.05. The van der Waals surface area contributed by atoms with Crippen molar-refractivity contribution in [3.8, 4) is 5.75 Å². The van der Waals surface area contributed by atoms with Gasteiger partial charge in [0.2, 0.25) is 0 Å². The predicted molar refractivity (Wildman–Crippen MR) is 62.1 cm³/mol. The van der Waals surface area contributed by atoms with Crippen LogP contribution in [0.15, 0.2) is 16.6 Å². The van der Waals surface area contributed by atoms with Crippen molar-refractivity contribution < 1.29 is 4.18 Å². The van der Waals surface area contributed by atoms with E-state index in [0.717, 1.165) is 16.1 Å². The van der Waals surface area contributed by atoms with Crippen LogP contribution in [-0.2, 0) is 0 Å². The van der Waals surface area contributed by atoms with Gasteiger partial charge in [-0.15, -0.1) is 0 Å². The van der Waals surface area contributed by atoms with Crippen molar-refractivity contribution in [3.05, 3.63) is 26.7 Å². The van der Waals surface area contributed by atoms with E-state index in [9.17, 15) is 0 Å². The maximum atomic E-state index is 5.87. The monoisotopic (exact) mass is 304 g/mol. The van der Waals surface area contributed by atoms with Crippen LogP contribution >= 0.6 is 59.2 Å². The quantitative estimate of drug-likeness (QED) is 0.449. The highest BCUT2D eigenvalue weighted by atomic mass is 79.9. The highest BCUT2D eigenvalue weighted by Gasteiger charge is 2.08. The van der Waals surface area contributed by atoms with E-state index in [4.69, 9.17) is 27.4 Å². The second-order valence-electron chi connectivity index (χ2n) is 1.85. The normalized spacial score (nSPS) is 10.0. The average molecular weight is 306 g/mol. The first-order valence-corrected chi connectivity index (χ1v) is 6.60. The summed E-state index contributed by atoms with van der Waals surface area (Å²) in [5.74, 6) is 0.560. The zero-order valence-corrected chi connectivity index (χ0v) is 10.8. The van der Waals surface area contributed by atoms with Crippen LogP contribution in [0.1, 0.15) is 0 Å². The van der Waals surface area contributed by atoms with Gasteiger partial charge in [0.25, 0.3) is 0 Å². The minimum absolute atomic E-state index is 0.418. The van der Waals surface area contributed by atoms with Gasteiger partial charge in [0, 0.05) is 4.47 Å². The van der Waals surface area contributed by atoms with E-state index in [-0.39, 0.29) is 0 Å². The summed E-state index contributed by atoms with van der Waals surface area (Å²) in [5, 5.41) is 0.884. The molecule has 1 unspecified atom stereocenters. The summed E-state index contributed by atoms with van der Waals surface area (Å²) in [4.78, 5) is 0. The van der Waals surface area contributed by atoms with Gasteiger partial charge in [0.05, 0.1) is 16.7 Å². The summed E-state index contributed by atoms with van der Waals surface area (Å²) in [5.41, 5.74) is 0. The molecule has 66 valence electrons. The van der Waals surface area contributed by atoms with E-state index in [2.05, 4.69) is 24.4 Å². The van der Waals surface area contributed by atoms with Crippen molar-refractivity contribution in [2.24, 2.45) is 0 Å². The van der Waals surface area contributed by atoms with Crippen LogP contribution in [0, 0.1) is 0 Å². The first-order valence-electron chi connectivity index (χ1n) is 2.83. The predicted octanol–water partition coefficient (Wildman–Crippen LogP) is 4.57. The molecule has 0 bridgehead atoms. The zero-order valence-electron chi connectivity index (χ0n) is 5.68. The second kappa shape index (κ2) is 4.92. The fourth-order valence-electron chi connectivity index (χ4n) is 0.624. The van der Waals surface area contributed by atoms with Gasteiger partial charge in [-0.05, 0) is 36.5 Å². The Morgan fingerprint density at radius 1 is 1.33 bits per heavy atom. The number of benzene rings is 1. The van der Waals surface area contributed by atoms with Crippen LogP contribution in [0.4, 0.5) is 0 Å². The number of halogens is 3. The molecule has 0 N–H and O–H groups in total. The summed E-state index contributed by atoms with van der Waals surface area (Å²) in [6, 6.07) is 3.53. The lowest BCUT2D eigenvalue weighted by Crippen LogP contribution is -1.80. The van der Waals surface area contributed by atoms with E-state index >= 15 is 0 Å². The van der Waals surface area contributed by atoms with Crippen LogP contribution < -0.4 is 4.18 Å². The van der Waals surface area contributed by atoms with Crippen molar-refractivity contribution in [2.75, 3.05) is 0 Å². The van der Waals surface area contributed by atoms with Gasteiger partial charge >= 0.3 is 0 Å². The molecule has 1 aromatic rings. The Bertz CT molecular complexity index is 297. The van der Waals surface area contributed by atoms with Crippen molar-refractivity contribution in [1.29, 1.82) is 0 Å². The highest BCUT2D eigenvalue weighted by molar-refractivity contribution is 9.10. The molecule has 0 aliphatic rings. The van der Waals surface area contributed by atoms with Gasteiger partial charge in [-0.25, -0.2) is 0 Å². The van der Waals surface area contributed by atoms with Gasteiger partial charge in [-0.1, -0.05) is 23.2 Å². The molecule has 0 fully saturated rings. The zero-order chi connectivity index (χ0) is 9.14. The lowest BCUT2D eigenvalue weighted by molar-refractivity contribution is 0.656. The first kappa shape index (κ1) is 10.9. The van der Waals surface area contributed by atoms with Crippen molar-refractivity contribution >= 4 is 59.2 Å². The van der Waals surface area contributed by atoms with E-state index in [0.29, 0.717) is 15.8 Å². The molecule has 0 saturated carbocycles. The van der Waals surface area contributed by atoms with Gasteiger partial charge in [-0.3, -0.25) is 0 Å². The summed E-state index contributed by atoms with van der Waals surface area (Å²) < 4.78 is 5.87. The summed E-state index contributed by atoms with van der Waals surface area (Å²) >= 11 is 16.1. The van der Waals surface area contributed by atoms with Crippen LogP contribution in [0.25, 0.3) is 0 Å². The topological polar surface area (TPSA) is 9.23 Å². The first-order chi connectivity index (χ1) is 5.66. The maximum Gasteiger partial charge on any atom is 0.157 e. The Balaban J connectivity index is 3.08. The van der Waals surface area contributed by atoms with E-state index in [1.807, 2.05) is 0 Å². The third kappa shape index (κ3) is 2.43. The fraction of sp³-hybridized carbons (Fsp3) is 0. The third-order valence-corrected chi connectivity index (χ3v) is 3.46. The Labute approximate surface area is 95.4 Å². The molecule has 1 aromatic carbocycles. The molecule has 1 rings (SSSR count). The molecule has 0 spiro atoms. The molecule has 0 amide bonds. The molecule has 0 saturated heterocycles. The average Bonchev–Trinajstić information content (AvgIpc) is 2.07. The largest absolute Gasteiger partial charge is 0.420 e. The molecule has 0 aromatic heterocycles. The summed E-state index contributed by atoms with van der Waals surface area (Å²) in [7, 11) is 2.36. The minimum atomic E-state index is 0.418. The van der Waals surface area contributed by atoms with Crippen LogP contribution in [0.5, 0.6) is 5.75 Å². The molecule has 0 radical (unpaired) electrons. The second-order valence-corrected chi connectivity index (χ2v) is 4.40. The van der Waals surface area contributed by atoms with E-state index in [1.165, 1.54) is 0 Å². The number of rotatable bonds is 2. The molecule has 12 heavy (non-hydrogen) atoms. The molecule has 6 heteroatoms. The molecule has 0 aliphatic heterocycles. The van der Waals surface area contributed by atoms with Crippen molar-refractivity contribution in [3.63, 3.8) is 0 Å². The van der Waals surface area contributed by atoms with Gasteiger partial charge in [0.15, 0.2) is 5.75 Å². The van der Waals surface area contributed by atoms with Gasteiger partial charge < -0.3 is 4.18 Å². The molecular weight excluding hydrogens is 302 g/mol. The standard InChI is InChI=1S/C6H4BrCl2OPS/c7-3-1-2-4(10-12-11)6(9)5(3)8/h1-2H,11H2. The van der Waals surface area contributed by atoms with E-state index in [1.54, 1.807) is 12.1 Å². The van der Waals surface area contributed by atoms with Crippen molar-refractivity contribution in [2.45, 2.75) is 0 Å². The SMILES string of the molecule is PSOc1ccc(Br)c(Cl)c1Cl. The van der Waals surface area contributed by atoms with E-state index < -0.39 is 0 Å². The highest BCUT2D eigenvalue weighted by Crippen LogP contribution is 2.38. The van der Waals surface area contributed by atoms with Gasteiger partial charge in [0.1, 0.15) is 5.02 Å². The van der Waals surface area contributed by atoms with Crippen LogP contribution in [-0.4, -0.2) is 0 Å². The Kier molecular flexibility index (Phi) is 4.49. The fourth-order valence-corrected chi connectivity index (χ4v) is 2.03. The minimum Gasteiger partial charge on any atom is -0.420 e. The molecular formula is C6H4BrCl2OPS. The van der Waals surface area contributed by atoms with Crippen LogP contribution in [0.3, 0.4) is 0 Å². The molecule has 1 atom stereocenters. The lowest BCUT2D eigenvalue weighted by atomic mass is 10.3. The van der Waals surface area contributed by atoms with Crippen molar-refractivity contribution in [1.82, 2.24) is 0 Å². The summed E-state index contributed by atoms with van der Waals surface area (Å²) in [6.45, 7) is 0. The van der Waals surface area contributed by atoms with Crippen LogP contribution in [0.2, 0.25) is 10.0 Å². The number of hydrogen-bond acceptors (Lipinski definition) is 2. The summed E-state index contributed by atoms with van der Waals surface area (Å²) in [6.07, 6.45) is 0. The Hall–Kier alpha value is 0.860. The molecule has 1 nitrogen and oxygen atoms in total. The maximum absolute atomic E-state index is 5.87.